The second-order valence-corrected chi connectivity index (χ2v) is 20.6. The molecule has 0 saturated heterocycles. The van der Waals surface area contributed by atoms with Crippen LogP contribution in [-0.2, 0) is 28.6 Å². The van der Waals surface area contributed by atoms with Gasteiger partial charge in [-0.1, -0.05) is 264 Å². The van der Waals surface area contributed by atoms with Crippen LogP contribution in [0, 0.1) is 0 Å². The van der Waals surface area contributed by atoms with Crippen LogP contribution in [0.15, 0.2) is 122 Å². The first-order chi connectivity index (χ1) is 37.5. The van der Waals surface area contributed by atoms with Gasteiger partial charge in [0.25, 0.3) is 0 Å². The molecule has 6 nitrogen and oxygen atoms in total. The van der Waals surface area contributed by atoms with Crippen LogP contribution < -0.4 is 0 Å². The molecule has 0 aromatic carbocycles. The Kier molecular flexibility index (Phi) is 59.9. The van der Waals surface area contributed by atoms with Crippen LogP contribution in [0.3, 0.4) is 0 Å². The van der Waals surface area contributed by atoms with Crippen LogP contribution in [0.5, 0.6) is 0 Å². The van der Waals surface area contributed by atoms with E-state index in [2.05, 4.69) is 136 Å². The Morgan fingerprint density at radius 2 is 0.539 bits per heavy atom. The average Bonchev–Trinajstić information content (AvgIpc) is 3.42. The van der Waals surface area contributed by atoms with Crippen molar-refractivity contribution in [1.82, 2.24) is 0 Å². The van der Waals surface area contributed by atoms with E-state index in [1.54, 1.807) is 0 Å². The van der Waals surface area contributed by atoms with Gasteiger partial charge in [-0.3, -0.25) is 14.4 Å². The van der Waals surface area contributed by atoms with Crippen molar-refractivity contribution in [1.29, 1.82) is 0 Å². The standard InChI is InChI=1S/C70H116O6/c1-4-7-10-13-16-19-22-25-28-30-32-33-34-35-36-37-39-40-42-45-48-51-54-57-60-63-69(72)75-66-67(65-74-68(71)62-59-56-53-50-47-44-27-24-21-18-15-12-9-6-3)76-70(73)64-61-58-55-52-49-46-43-41-38-31-29-26-23-20-17-14-11-8-5-2/h8,11,17,20,22,24-27,29-30,32,34-35,38,41,46,49,55,58,67H,4-7,9-10,12-16,18-19,21,23,28,31,33,36-37,39-40,42-45,47-48,50-54,56-57,59-66H2,1-3H3/b11-8-,20-17-,25-22-,27-24-,29-26-,32-30-,35-34-,41-38-,49-46-,58-55-. The molecule has 0 amide bonds. The highest BCUT2D eigenvalue weighted by Crippen LogP contribution is 2.15. The van der Waals surface area contributed by atoms with Crippen molar-refractivity contribution in [2.45, 2.75) is 290 Å². The second kappa shape index (κ2) is 63.3. The predicted molar refractivity (Wildman–Crippen MR) is 330 cm³/mol. The van der Waals surface area contributed by atoms with Crippen molar-refractivity contribution in [3.63, 3.8) is 0 Å². The molecule has 0 aliphatic carbocycles. The van der Waals surface area contributed by atoms with Gasteiger partial charge in [-0.2, -0.15) is 0 Å². The molecule has 76 heavy (non-hydrogen) atoms. The van der Waals surface area contributed by atoms with Crippen molar-refractivity contribution in [2.75, 3.05) is 13.2 Å². The number of carbonyl (C=O) groups excluding carboxylic acids is 3. The zero-order valence-corrected chi connectivity index (χ0v) is 49.5. The topological polar surface area (TPSA) is 78.9 Å². The van der Waals surface area contributed by atoms with Gasteiger partial charge in [0.2, 0.25) is 0 Å². The Morgan fingerprint density at radius 1 is 0.276 bits per heavy atom. The van der Waals surface area contributed by atoms with Crippen molar-refractivity contribution in [2.24, 2.45) is 0 Å². The summed E-state index contributed by atoms with van der Waals surface area (Å²) in [6, 6.07) is 0. The van der Waals surface area contributed by atoms with Crippen LogP contribution in [0.25, 0.3) is 0 Å². The zero-order valence-electron chi connectivity index (χ0n) is 49.5. The Bertz CT molecular complexity index is 1590. The minimum absolute atomic E-state index is 0.115. The lowest BCUT2D eigenvalue weighted by atomic mass is 10.1. The Morgan fingerprint density at radius 3 is 0.868 bits per heavy atom. The number of ether oxygens (including phenoxy) is 3. The summed E-state index contributed by atoms with van der Waals surface area (Å²) in [6.45, 7) is 6.44. The molecule has 0 N–H and O–H groups in total. The van der Waals surface area contributed by atoms with Gasteiger partial charge in [0.05, 0.1) is 0 Å². The van der Waals surface area contributed by atoms with Crippen molar-refractivity contribution in [3.05, 3.63) is 122 Å². The summed E-state index contributed by atoms with van der Waals surface area (Å²) in [5, 5.41) is 0. The maximum absolute atomic E-state index is 12.9. The molecule has 0 spiro atoms. The molecule has 0 aliphatic rings. The summed E-state index contributed by atoms with van der Waals surface area (Å²) < 4.78 is 16.8. The minimum Gasteiger partial charge on any atom is -0.462 e. The SMILES string of the molecule is CC/C=C\C/C=C\C/C=C\C/C=C\C/C=C\C/C=C\CCC(=O)OC(COC(=O)CCCCCCC/C=C\CCCCCCC)COC(=O)CCCCCCCCCCCC/C=C\C/C=C\C/C=C\CCCCCCC. The van der Waals surface area contributed by atoms with Gasteiger partial charge in [0.1, 0.15) is 13.2 Å². The van der Waals surface area contributed by atoms with Crippen LogP contribution in [-0.4, -0.2) is 37.2 Å². The lowest BCUT2D eigenvalue weighted by Crippen LogP contribution is -2.30. The first-order valence-electron chi connectivity index (χ1n) is 31.5. The quantitative estimate of drug-likeness (QED) is 0.0261. The van der Waals surface area contributed by atoms with E-state index in [1.165, 1.54) is 135 Å². The normalized spacial score (nSPS) is 12.9. The van der Waals surface area contributed by atoms with Crippen molar-refractivity contribution in [3.8, 4) is 0 Å². The molecule has 0 rings (SSSR count). The van der Waals surface area contributed by atoms with E-state index in [9.17, 15) is 14.4 Å². The van der Waals surface area contributed by atoms with Gasteiger partial charge in [0.15, 0.2) is 6.10 Å². The molecule has 0 saturated carbocycles. The molecule has 0 aromatic heterocycles. The van der Waals surface area contributed by atoms with E-state index in [4.69, 9.17) is 14.2 Å². The fourth-order valence-electron chi connectivity index (χ4n) is 8.47. The largest absolute Gasteiger partial charge is 0.462 e. The number of hydrogen-bond donors (Lipinski definition) is 0. The summed E-state index contributed by atoms with van der Waals surface area (Å²) in [4.78, 5) is 38.2. The summed E-state index contributed by atoms with van der Waals surface area (Å²) in [5.41, 5.74) is 0. The Hall–Kier alpha value is -4.19. The van der Waals surface area contributed by atoms with Crippen LogP contribution in [0.1, 0.15) is 284 Å². The van der Waals surface area contributed by atoms with Crippen molar-refractivity contribution >= 4 is 17.9 Å². The van der Waals surface area contributed by atoms with E-state index in [0.29, 0.717) is 19.3 Å². The monoisotopic (exact) mass is 1050 g/mol. The van der Waals surface area contributed by atoms with Gasteiger partial charge in [0, 0.05) is 19.3 Å². The molecule has 0 radical (unpaired) electrons. The maximum atomic E-state index is 12.9. The minimum atomic E-state index is -0.828. The fourth-order valence-corrected chi connectivity index (χ4v) is 8.47. The van der Waals surface area contributed by atoms with E-state index < -0.39 is 12.1 Å². The van der Waals surface area contributed by atoms with Crippen LogP contribution >= 0.6 is 0 Å². The molecule has 6 heteroatoms. The summed E-state index contributed by atoms with van der Waals surface area (Å²) in [7, 11) is 0. The molecule has 0 fully saturated rings. The van der Waals surface area contributed by atoms with Crippen LogP contribution in [0.2, 0.25) is 0 Å². The lowest BCUT2D eigenvalue weighted by Gasteiger charge is -2.18. The Balaban J connectivity index is 4.45. The first kappa shape index (κ1) is 71.8. The first-order valence-corrected chi connectivity index (χ1v) is 31.5. The lowest BCUT2D eigenvalue weighted by molar-refractivity contribution is -0.166. The van der Waals surface area contributed by atoms with E-state index >= 15 is 0 Å². The number of hydrogen-bond acceptors (Lipinski definition) is 6. The molecule has 0 aromatic rings. The molecule has 432 valence electrons. The average molecular weight is 1050 g/mol. The van der Waals surface area contributed by atoms with E-state index in [0.717, 1.165) is 103 Å². The zero-order chi connectivity index (χ0) is 55.0. The number of unbranched alkanes of at least 4 members (excludes halogenated alkanes) is 25. The fraction of sp³-hybridized carbons (Fsp3) is 0.671. The summed E-state index contributed by atoms with van der Waals surface area (Å²) in [5.74, 6) is -1.01. The molecular weight excluding hydrogens is 937 g/mol. The Labute approximate surface area is 469 Å². The van der Waals surface area contributed by atoms with E-state index in [-0.39, 0.29) is 31.6 Å². The van der Waals surface area contributed by atoms with Gasteiger partial charge >= 0.3 is 17.9 Å². The number of allylic oxidation sites excluding steroid dienone is 20. The number of rotatable bonds is 56. The molecule has 0 bridgehead atoms. The molecule has 1 atom stereocenters. The van der Waals surface area contributed by atoms with Gasteiger partial charge < -0.3 is 14.2 Å². The highest BCUT2D eigenvalue weighted by molar-refractivity contribution is 5.71. The highest BCUT2D eigenvalue weighted by atomic mass is 16.6. The highest BCUT2D eigenvalue weighted by Gasteiger charge is 2.19. The molecular formula is C70H116O6. The number of carbonyl (C=O) groups is 3. The smallest absolute Gasteiger partial charge is 0.306 e. The second-order valence-electron chi connectivity index (χ2n) is 20.6. The predicted octanol–water partition coefficient (Wildman–Crippen LogP) is 21.6. The third kappa shape index (κ3) is 60.7. The van der Waals surface area contributed by atoms with Gasteiger partial charge in [-0.15, -0.1) is 0 Å². The third-order valence-electron chi connectivity index (χ3n) is 13.2. The molecule has 0 heterocycles. The maximum Gasteiger partial charge on any atom is 0.306 e. The summed E-state index contributed by atoms with van der Waals surface area (Å²) in [6.07, 6.45) is 87.8. The third-order valence-corrected chi connectivity index (χ3v) is 13.2. The van der Waals surface area contributed by atoms with Crippen molar-refractivity contribution < 1.29 is 28.6 Å². The molecule has 0 aliphatic heterocycles. The van der Waals surface area contributed by atoms with E-state index in [1.807, 2.05) is 6.08 Å². The van der Waals surface area contributed by atoms with Gasteiger partial charge in [-0.25, -0.2) is 0 Å². The summed E-state index contributed by atoms with van der Waals surface area (Å²) >= 11 is 0. The molecule has 1 unspecified atom stereocenters. The number of esters is 3. The van der Waals surface area contributed by atoms with Gasteiger partial charge in [-0.05, 0) is 122 Å². The van der Waals surface area contributed by atoms with Crippen LogP contribution in [0.4, 0.5) is 0 Å².